The number of nitrogens with two attached hydrogens (primary N) is 1. The number of sulfonamides is 1. The lowest BCUT2D eigenvalue weighted by molar-refractivity contribution is 0.595. The van der Waals surface area contributed by atoms with Gasteiger partial charge in [-0.2, -0.15) is 4.98 Å². The normalized spacial score (nSPS) is 11.3. The minimum Gasteiger partial charge on any atom is -0.369 e. The lowest BCUT2D eigenvalue weighted by Gasteiger charge is -2.09. The molecule has 0 fully saturated rings. The highest BCUT2D eigenvalue weighted by molar-refractivity contribution is 9.10. The van der Waals surface area contributed by atoms with E-state index in [4.69, 9.17) is 5.14 Å². The molecule has 108 valence electrons. The summed E-state index contributed by atoms with van der Waals surface area (Å²) in [6.07, 6.45) is 3.05. The second-order valence-corrected chi connectivity index (χ2v) is 6.55. The summed E-state index contributed by atoms with van der Waals surface area (Å²) in [5.41, 5.74) is 0. The minimum atomic E-state index is -3.41. The largest absolute Gasteiger partial charge is 0.369 e. The molecule has 1 aromatic heterocycles. The summed E-state index contributed by atoms with van der Waals surface area (Å²) in [7, 11) is -3.41. The third-order valence-corrected chi connectivity index (χ3v) is 3.61. The van der Waals surface area contributed by atoms with E-state index in [1.54, 1.807) is 6.20 Å². The SMILES string of the molecule is CCCNc1ncc(Br)c(NCCCS(N)(=O)=O)n1. The van der Waals surface area contributed by atoms with Crippen LogP contribution in [0.2, 0.25) is 0 Å². The maximum atomic E-state index is 10.8. The molecule has 0 saturated carbocycles. The highest BCUT2D eigenvalue weighted by Crippen LogP contribution is 2.19. The van der Waals surface area contributed by atoms with Gasteiger partial charge in [-0.05, 0) is 28.8 Å². The van der Waals surface area contributed by atoms with Crippen LogP contribution in [0.15, 0.2) is 10.7 Å². The van der Waals surface area contributed by atoms with Gasteiger partial charge < -0.3 is 10.6 Å². The van der Waals surface area contributed by atoms with E-state index in [2.05, 4.69) is 43.5 Å². The van der Waals surface area contributed by atoms with E-state index in [1.165, 1.54) is 0 Å². The molecule has 0 unspecified atom stereocenters. The molecule has 0 radical (unpaired) electrons. The Morgan fingerprint density at radius 1 is 1.37 bits per heavy atom. The number of nitrogens with one attached hydrogen (secondary N) is 2. The first-order valence-electron chi connectivity index (χ1n) is 5.93. The van der Waals surface area contributed by atoms with Crippen molar-refractivity contribution < 1.29 is 8.42 Å². The molecule has 0 aliphatic heterocycles. The minimum absolute atomic E-state index is 0.0519. The van der Waals surface area contributed by atoms with E-state index in [-0.39, 0.29) is 5.75 Å². The molecule has 0 spiro atoms. The topological polar surface area (TPSA) is 110 Å². The molecule has 0 bridgehead atoms. The van der Waals surface area contributed by atoms with Crippen molar-refractivity contribution in [3.8, 4) is 0 Å². The van der Waals surface area contributed by atoms with E-state index < -0.39 is 10.0 Å². The standard InChI is InChI=1S/C10H18BrN5O2S/c1-2-4-14-10-15-7-8(11)9(16-10)13-5-3-6-19(12,17)18/h7H,2-6H2,1H3,(H2,12,17,18)(H2,13,14,15,16). The van der Waals surface area contributed by atoms with Crippen LogP contribution in [0.1, 0.15) is 19.8 Å². The Morgan fingerprint density at radius 3 is 2.74 bits per heavy atom. The van der Waals surface area contributed by atoms with E-state index in [0.717, 1.165) is 17.4 Å². The van der Waals surface area contributed by atoms with Crippen LogP contribution in [0.25, 0.3) is 0 Å². The van der Waals surface area contributed by atoms with Gasteiger partial charge >= 0.3 is 0 Å². The van der Waals surface area contributed by atoms with Crippen LogP contribution in [-0.2, 0) is 10.0 Å². The van der Waals surface area contributed by atoms with Crippen LogP contribution in [-0.4, -0.2) is 37.2 Å². The molecule has 0 aliphatic rings. The second kappa shape index (κ2) is 7.61. The average Bonchev–Trinajstić information content (AvgIpc) is 2.33. The molecule has 7 nitrogen and oxygen atoms in total. The first kappa shape index (κ1) is 16.1. The van der Waals surface area contributed by atoms with Crippen LogP contribution >= 0.6 is 15.9 Å². The van der Waals surface area contributed by atoms with Crippen LogP contribution in [0.3, 0.4) is 0 Å². The Morgan fingerprint density at radius 2 is 2.11 bits per heavy atom. The van der Waals surface area contributed by atoms with E-state index >= 15 is 0 Å². The number of rotatable bonds is 8. The van der Waals surface area contributed by atoms with Gasteiger partial charge in [0.1, 0.15) is 5.82 Å². The number of primary sulfonamides is 1. The number of hydrogen-bond acceptors (Lipinski definition) is 6. The van der Waals surface area contributed by atoms with Gasteiger partial charge in [-0.15, -0.1) is 0 Å². The fourth-order valence-electron chi connectivity index (χ4n) is 1.29. The highest BCUT2D eigenvalue weighted by Gasteiger charge is 2.06. The van der Waals surface area contributed by atoms with Crippen molar-refractivity contribution in [3.63, 3.8) is 0 Å². The van der Waals surface area contributed by atoms with Crippen molar-refractivity contribution in [2.24, 2.45) is 5.14 Å². The average molecular weight is 352 g/mol. The van der Waals surface area contributed by atoms with Crippen LogP contribution in [0, 0.1) is 0 Å². The van der Waals surface area contributed by atoms with Crippen molar-refractivity contribution >= 4 is 37.7 Å². The summed E-state index contributed by atoms with van der Waals surface area (Å²) in [4.78, 5) is 8.40. The Kier molecular flexibility index (Phi) is 6.46. The van der Waals surface area contributed by atoms with Gasteiger partial charge in [0.05, 0.1) is 10.2 Å². The number of anilines is 2. The Hall–Kier alpha value is -0.930. The molecule has 1 aromatic rings. The third kappa shape index (κ3) is 6.69. The third-order valence-electron chi connectivity index (χ3n) is 2.18. The summed E-state index contributed by atoms with van der Waals surface area (Å²) in [5, 5.41) is 11.0. The van der Waals surface area contributed by atoms with Crippen molar-refractivity contribution in [1.82, 2.24) is 9.97 Å². The molecule has 0 aromatic carbocycles. The van der Waals surface area contributed by atoms with E-state index in [9.17, 15) is 8.42 Å². The molecule has 0 saturated heterocycles. The van der Waals surface area contributed by atoms with Gasteiger partial charge in [-0.3, -0.25) is 0 Å². The fraction of sp³-hybridized carbons (Fsp3) is 0.600. The zero-order valence-corrected chi connectivity index (χ0v) is 13.1. The molecule has 0 aliphatic carbocycles. The molecule has 1 rings (SSSR count). The number of nitrogens with zero attached hydrogens (tertiary/aromatic N) is 2. The first-order chi connectivity index (χ1) is 8.92. The second-order valence-electron chi connectivity index (χ2n) is 3.96. The zero-order valence-electron chi connectivity index (χ0n) is 10.7. The van der Waals surface area contributed by atoms with Crippen molar-refractivity contribution in [3.05, 3.63) is 10.7 Å². The van der Waals surface area contributed by atoms with Gasteiger partial charge in [-0.1, -0.05) is 6.92 Å². The summed E-state index contributed by atoms with van der Waals surface area (Å²) in [5.74, 6) is 1.12. The van der Waals surface area contributed by atoms with Crippen LogP contribution in [0.5, 0.6) is 0 Å². The van der Waals surface area contributed by atoms with Crippen molar-refractivity contribution in [2.75, 3.05) is 29.5 Å². The number of halogens is 1. The van der Waals surface area contributed by atoms with Crippen molar-refractivity contribution in [1.29, 1.82) is 0 Å². The monoisotopic (exact) mass is 351 g/mol. The number of aromatic nitrogens is 2. The molecular formula is C10H18BrN5O2S. The van der Waals surface area contributed by atoms with Gasteiger partial charge in [0.25, 0.3) is 0 Å². The van der Waals surface area contributed by atoms with Crippen LogP contribution < -0.4 is 15.8 Å². The molecule has 0 amide bonds. The number of hydrogen-bond donors (Lipinski definition) is 3. The fourth-order valence-corrected chi connectivity index (χ4v) is 2.17. The van der Waals surface area contributed by atoms with Crippen molar-refractivity contribution in [2.45, 2.75) is 19.8 Å². The first-order valence-corrected chi connectivity index (χ1v) is 8.44. The predicted molar refractivity (Wildman–Crippen MR) is 79.6 cm³/mol. The Bertz CT molecular complexity index is 509. The summed E-state index contributed by atoms with van der Waals surface area (Å²) < 4.78 is 22.3. The van der Waals surface area contributed by atoms with Gasteiger partial charge in [0, 0.05) is 19.3 Å². The lowest BCUT2D eigenvalue weighted by Crippen LogP contribution is -2.19. The Balaban J connectivity index is 2.52. The quantitative estimate of drug-likeness (QED) is 0.606. The molecule has 19 heavy (non-hydrogen) atoms. The Labute approximate surface area is 121 Å². The molecular weight excluding hydrogens is 334 g/mol. The van der Waals surface area contributed by atoms with Gasteiger partial charge in [-0.25, -0.2) is 18.5 Å². The smallest absolute Gasteiger partial charge is 0.224 e. The lowest BCUT2D eigenvalue weighted by atomic mass is 10.4. The van der Waals surface area contributed by atoms with E-state index in [0.29, 0.717) is 24.7 Å². The zero-order chi connectivity index (χ0) is 14.3. The molecule has 1 heterocycles. The molecule has 4 N–H and O–H groups in total. The van der Waals surface area contributed by atoms with Crippen LogP contribution in [0.4, 0.5) is 11.8 Å². The summed E-state index contributed by atoms with van der Waals surface area (Å²) >= 11 is 3.33. The van der Waals surface area contributed by atoms with Gasteiger partial charge in [0.2, 0.25) is 16.0 Å². The maximum Gasteiger partial charge on any atom is 0.224 e. The highest BCUT2D eigenvalue weighted by atomic mass is 79.9. The summed E-state index contributed by atoms with van der Waals surface area (Å²) in [6, 6.07) is 0. The molecule has 0 atom stereocenters. The van der Waals surface area contributed by atoms with Gasteiger partial charge in [0.15, 0.2) is 0 Å². The predicted octanol–water partition coefficient (Wildman–Crippen LogP) is 1.15. The van der Waals surface area contributed by atoms with E-state index in [1.807, 2.05) is 0 Å². The summed E-state index contributed by atoms with van der Waals surface area (Å²) in [6.45, 7) is 3.32. The maximum absolute atomic E-state index is 10.8. The molecule has 9 heteroatoms.